The smallest absolute Gasteiger partial charge is 0.267 e. The van der Waals surface area contributed by atoms with Gasteiger partial charge in [0.2, 0.25) is 0 Å². The fourth-order valence-corrected chi connectivity index (χ4v) is 3.40. The molecule has 3 N–H and O–H groups in total. The summed E-state index contributed by atoms with van der Waals surface area (Å²) in [6.07, 6.45) is 2.20. The van der Waals surface area contributed by atoms with E-state index in [-0.39, 0.29) is 29.4 Å². The zero-order chi connectivity index (χ0) is 17.3. The van der Waals surface area contributed by atoms with Crippen molar-refractivity contribution in [3.8, 4) is 0 Å². The van der Waals surface area contributed by atoms with Crippen molar-refractivity contribution in [3.05, 3.63) is 23.0 Å². The fourth-order valence-electron chi connectivity index (χ4n) is 3.40. The molecule has 3 rings (SSSR count). The quantitative estimate of drug-likeness (QED) is 0.797. The normalized spacial score (nSPS) is 31.2. The standard InChI is InChI=1S/C16H20FN3O4/c1-8-14(15(16(18)22)20-24-8)11-6-13(21)10(5-12(11)17)9-3-2-4-23-19-7-9/h5,8-9,14,19H,2-4,6-7H2,1H3,(H2,18,22). The number of hydrogen-bond acceptors (Lipinski definition) is 6. The summed E-state index contributed by atoms with van der Waals surface area (Å²) in [4.78, 5) is 34.3. The molecule has 3 aliphatic rings. The summed E-state index contributed by atoms with van der Waals surface area (Å²) in [6.45, 7) is 2.70. The molecule has 1 fully saturated rings. The largest absolute Gasteiger partial charge is 0.391 e. The maximum atomic E-state index is 14.7. The fraction of sp³-hybridized carbons (Fsp3) is 0.562. The second kappa shape index (κ2) is 6.82. The van der Waals surface area contributed by atoms with E-state index in [0.717, 1.165) is 12.8 Å². The third-order valence-corrected chi connectivity index (χ3v) is 4.64. The van der Waals surface area contributed by atoms with Gasteiger partial charge in [-0.05, 0) is 31.4 Å². The average Bonchev–Trinajstić information content (AvgIpc) is 2.75. The van der Waals surface area contributed by atoms with E-state index in [1.54, 1.807) is 6.92 Å². The molecule has 0 radical (unpaired) electrons. The van der Waals surface area contributed by atoms with Crippen molar-refractivity contribution in [3.63, 3.8) is 0 Å². The molecule has 3 unspecified atom stereocenters. The van der Waals surface area contributed by atoms with E-state index in [1.165, 1.54) is 6.08 Å². The molecule has 2 aliphatic heterocycles. The van der Waals surface area contributed by atoms with Crippen molar-refractivity contribution in [2.75, 3.05) is 13.2 Å². The molecule has 1 saturated heterocycles. The van der Waals surface area contributed by atoms with E-state index < -0.39 is 23.8 Å². The molecule has 0 bridgehead atoms. The molecular formula is C16H20FN3O4. The van der Waals surface area contributed by atoms with Crippen molar-refractivity contribution in [1.82, 2.24) is 5.48 Å². The van der Waals surface area contributed by atoms with E-state index in [2.05, 4.69) is 10.6 Å². The Labute approximate surface area is 138 Å². The number of hydroxylamine groups is 1. The highest BCUT2D eigenvalue weighted by atomic mass is 19.1. The van der Waals surface area contributed by atoms with Crippen LogP contribution in [0.1, 0.15) is 26.2 Å². The minimum atomic E-state index is -0.767. The summed E-state index contributed by atoms with van der Waals surface area (Å²) in [5.41, 5.74) is 8.70. The minimum absolute atomic E-state index is 0.0400. The van der Waals surface area contributed by atoms with Crippen molar-refractivity contribution < 1.29 is 23.7 Å². The molecular weight excluding hydrogens is 317 g/mol. The van der Waals surface area contributed by atoms with Gasteiger partial charge in [-0.15, -0.1) is 0 Å². The van der Waals surface area contributed by atoms with Gasteiger partial charge in [0, 0.05) is 24.5 Å². The van der Waals surface area contributed by atoms with Gasteiger partial charge in [-0.25, -0.2) is 9.87 Å². The van der Waals surface area contributed by atoms with Crippen molar-refractivity contribution in [1.29, 1.82) is 0 Å². The van der Waals surface area contributed by atoms with Crippen LogP contribution in [0.5, 0.6) is 0 Å². The highest BCUT2D eigenvalue weighted by Crippen LogP contribution is 2.37. The van der Waals surface area contributed by atoms with Gasteiger partial charge < -0.3 is 15.4 Å². The maximum Gasteiger partial charge on any atom is 0.267 e. The van der Waals surface area contributed by atoms with Crippen LogP contribution in [0.25, 0.3) is 0 Å². The lowest BCUT2D eigenvalue weighted by molar-refractivity contribution is -0.116. The molecule has 1 aliphatic carbocycles. The molecule has 0 saturated carbocycles. The first-order valence-electron chi connectivity index (χ1n) is 8.00. The number of hydrogen-bond donors (Lipinski definition) is 2. The molecule has 8 heteroatoms. The van der Waals surface area contributed by atoms with Crippen molar-refractivity contribution in [2.45, 2.75) is 32.3 Å². The molecule has 0 aromatic rings. The van der Waals surface area contributed by atoms with E-state index >= 15 is 0 Å². The van der Waals surface area contributed by atoms with E-state index in [0.29, 0.717) is 18.7 Å². The topological polar surface area (TPSA) is 103 Å². The first kappa shape index (κ1) is 16.8. The average molecular weight is 337 g/mol. The number of amides is 1. The van der Waals surface area contributed by atoms with Gasteiger partial charge in [-0.1, -0.05) is 5.16 Å². The van der Waals surface area contributed by atoms with Gasteiger partial charge in [-0.2, -0.15) is 0 Å². The number of allylic oxidation sites excluding steroid dienone is 2. The number of primary amides is 1. The molecule has 7 nitrogen and oxygen atoms in total. The molecule has 3 atom stereocenters. The summed E-state index contributed by atoms with van der Waals surface area (Å²) in [6, 6.07) is 0. The first-order valence-corrected chi connectivity index (χ1v) is 8.00. The van der Waals surface area contributed by atoms with Gasteiger partial charge in [0.05, 0.1) is 12.5 Å². The second-order valence-corrected chi connectivity index (χ2v) is 6.24. The van der Waals surface area contributed by atoms with Crippen LogP contribution >= 0.6 is 0 Å². The molecule has 0 spiro atoms. The Morgan fingerprint density at radius 3 is 3.04 bits per heavy atom. The lowest BCUT2D eigenvalue weighted by Gasteiger charge is -2.25. The highest BCUT2D eigenvalue weighted by Gasteiger charge is 2.41. The van der Waals surface area contributed by atoms with E-state index in [9.17, 15) is 14.0 Å². The van der Waals surface area contributed by atoms with Crippen LogP contribution in [0.3, 0.4) is 0 Å². The van der Waals surface area contributed by atoms with Crippen LogP contribution in [-0.2, 0) is 19.3 Å². The van der Waals surface area contributed by atoms with Gasteiger partial charge in [0.25, 0.3) is 5.91 Å². The number of oxime groups is 1. The zero-order valence-corrected chi connectivity index (χ0v) is 13.4. The number of nitrogens with two attached hydrogens (primary N) is 1. The predicted octanol–water partition coefficient (Wildman–Crippen LogP) is 0.917. The first-order chi connectivity index (χ1) is 11.5. The van der Waals surface area contributed by atoms with Gasteiger partial charge in [-0.3, -0.25) is 9.59 Å². The molecule has 0 aromatic carbocycles. The number of rotatable bonds is 3. The second-order valence-electron chi connectivity index (χ2n) is 6.24. The van der Waals surface area contributed by atoms with Crippen LogP contribution in [-0.4, -0.2) is 36.7 Å². The van der Waals surface area contributed by atoms with Crippen LogP contribution in [0, 0.1) is 11.8 Å². The van der Waals surface area contributed by atoms with Crippen molar-refractivity contribution in [2.24, 2.45) is 22.7 Å². The predicted molar refractivity (Wildman–Crippen MR) is 83.2 cm³/mol. The number of carbonyl (C=O) groups excluding carboxylic acids is 2. The third kappa shape index (κ3) is 3.11. The molecule has 24 heavy (non-hydrogen) atoms. The number of ketones is 1. The SMILES string of the molecule is CC1ON=C(C(N)=O)C1C1=C(F)C=C(C2CCCONC2)C(=O)C1. The number of nitrogens with one attached hydrogen (secondary N) is 1. The Morgan fingerprint density at radius 1 is 1.50 bits per heavy atom. The van der Waals surface area contributed by atoms with Crippen LogP contribution in [0.15, 0.2) is 28.2 Å². The van der Waals surface area contributed by atoms with E-state index in [1.807, 2.05) is 0 Å². The Hall–Kier alpha value is -2.06. The lowest BCUT2D eigenvalue weighted by atomic mass is 9.79. The number of nitrogens with zero attached hydrogens (tertiary/aromatic N) is 1. The van der Waals surface area contributed by atoms with Gasteiger partial charge >= 0.3 is 0 Å². The summed E-state index contributed by atoms with van der Waals surface area (Å²) >= 11 is 0. The highest BCUT2D eigenvalue weighted by molar-refractivity contribution is 6.40. The van der Waals surface area contributed by atoms with E-state index in [4.69, 9.17) is 15.4 Å². The minimum Gasteiger partial charge on any atom is -0.391 e. The maximum absolute atomic E-state index is 14.7. The van der Waals surface area contributed by atoms with Gasteiger partial charge in [0.15, 0.2) is 11.5 Å². The Bertz CT molecular complexity index is 648. The van der Waals surface area contributed by atoms with Crippen LogP contribution in [0.2, 0.25) is 0 Å². The zero-order valence-electron chi connectivity index (χ0n) is 13.4. The Balaban J connectivity index is 1.90. The number of halogens is 1. The number of Topliss-reactive ketones (excluding diaryl/α,β-unsaturated/α-hetero) is 1. The van der Waals surface area contributed by atoms with Crippen LogP contribution in [0.4, 0.5) is 4.39 Å². The Morgan fingerprint density at radius 2 is 2.29 bits per heavy atom. The molecule has 130 valence electrons. The summed E-state index contributed by atoms with van der Waals surface area (Å²) in [7, 11) is 0. The lowest BCUT2D eigenvalue weighted by Crippen LogP contribution is -2.35. The summed E-state index contributed by atoms with van der Waals surface area (Å²) in [5.74, 6) is -2.24. The monoisotopic (exact) mass is 337 g/mol. The van der Waals surface area contributed by atoms with Gasteiger partial charge in [0.1, 0.15) is 11.9 Å². The summed E-state index contributed by atoms with van der Waals surface area (Å²) < 4.78 is 14.7. The molecule has 0 aromatic heterocycles. The Kier molecular flexibility index (Phi) is 4.77. The van der Waals surface area contributed by atoms with Crippen molar-refractivity contribution >= 4 is 17.4 Å². The summed E-state index contributed by atoms with van der Waals surface area (Å²) in [5, 5.41) is 3.64. The molecule has 2 heterocycles. The van der Waals surface area contributed by atoms with Crippen LogP contribution < -0.4 is 11.2 Å². The third-order valence-electron chi connectivity index (χ3n) is 4.64. The number of carbonyl (C=O) groups is 2. The molecule has 1 amide bonds.